The second kappa shape index (κ2) is 5.75. The van der Waals surface area contributed by atoms with E-state index in [2.05, 4.69) is 39.6 Å². The molecule has 1 saturated heterocycles. The van der Waals surface area contributed by atoms with E-state index < -0.39 is 0 Å². The zero-order valence-electron chi connectivity index (χ0n) is 11.4. The Morgan fingerprint density at radius 1 is 1.44 bits per heavy atom. The molecule has 3 N–H and O–H groups in total. The normalized spacial score (nSPS) is 24.3. The van der Waals surface area contributed by atoms with Crippen LogP contribution in [0.2, 0.25) is 0 Å². The lowest BCUT2D eigenvalue weighted by molar-refractivity contribution is 0.100. The average molecular weight is 253 g/mol. The molecule has 1 aromatic rings. The molecule has 0 saturated carbocycles. The first-order valence-corrected chi connectivity index (χ1v) is 6.31. The molecule has 1 aliphatic rings. The fourth-order valence-electron chi connectivity index (χ4n) is 2.52. The van der Waals surface area contributed by atoms with Gasteiger partial charge in [-0.05, 0) is 20.5 Å². The van der Waals surface area contributed by atoms with E-state index in [1.807, 2.05) is 7.05 Å². The first-order chi connectivity index (χ1) is 8.61. The Morgan fingerprint density at radius 3 is 2.83 bits per heavy atom. The minimum atomic E-state index is 0.0870. The topological polar surface area (TPSA) is 75.2 Å². The molecule has 1 fully saturated rings. The molecule has 1 aromatic heterocycles. The van der Waals surface area contributed by atoms with Crippen molar-refractivity contribution in [3.8, 4) is 0 Å². The van der Waals surface area contributed by atoms with Crippen LogP contribution in [-0.4, -0.2) is 64.6 Å². The van der Waals surface area contributed by atoms with Gasteiger partial charge in [0.1, 0.15) is 0 Å². The van der Waals surface area contributed by atoms with E-state index >= 15 is 0 Å². The smallest absolute Gasteiger partial charge is 0.0767 e. The zero-order valence-corrected chi connectivity index (χ0v) is 11.4. The van der Waals surface area contributed by atoms with Gasteiger partial charge in [-0.2, -0.15) is 0 Å². The summed E-state index contributed by atoms with van der Waals surface area (Å²) < 4.78 is 1.77. The lowest BCUT2D eigenvalue weighted by atomic mass is 10.0. The van der Waals surface area contributed by atoms with Crippen molar-refractivity contribution in [2.75, 3.05) is 33.7 Å². The minimum Gasteiger partial charge on any atom is -0.304 e. The van der Waals surface area contributed by atoms with Crippen molar-refractivity contribution < 1.29 is 0 Å². The molecule has 2 rings (SSSR count). The highest BCUT2D eigenvalue weighted by Gasteiger charge is 2.26. The largest absolute Gasteiger partial charge is 0.304 e. The van der Waals surface area contributed by atoms with Crippen LogP contribution in [-0.2, 0) is 7.05 Å². The molecule has 0 bridgehead atoms. The Balaban J connectivity index is 2.04. The summed E-state index contributed by atoms with van der Waals surface area (Å²) in [4.78, 5) is 4.76. The summed E-state index contributed by atoms with van der Waals surface area (Å²) in [6.07, 6.45) is 2.73. The highest BCUT2D eigenvalue weighted by atomic mass is 15.4. The number of piperazine rings is 1. The number of likely N-dealkylation sites (N-methyl/N-ethyl adjacent to an activating group) is 2. The van der Waals surface area contributed by atoms with Gasteiger partial charge in [0.25, 0.3) is 0 Å². The van der Waals surface area contributed by atoms with E-state index in [4.69, 9.17) is 5.84 Å². The van der Waals surface area contributed by atoms with Crippen molar-refractivity contribution in [1.29, 1.82) is 0 Å². The van der Waals surface area contributed by atoms with Crippen LogP contribution in [0.1, 0.15) is 18.2 Å². The molecule has 7 nitrogen and oxygen atoms in total. The average Bonchev–Trinajstić information content (AvgIpc) is 2.77. The quantitative estimate of drug-likeness (QED) is 0.527. The van der Waals surface area contributed by atoms with E-state index in [-0.39, 0.29) is 6.04 Å². The Hall–Kier alpha value is -1.02. The summed E-state index contributed by atoms with van der Waals surface area (Å²) >= 11 is 0. The molecule has 0 amide bonds. The predicted octanol–water partition coefficient (Wildman–Crippen LogP) is -1.04. The van der Waals surface area contributed by atoms with Crippen LogP contribution in [0.25, 0.3) is 0 Å². The van der Waals surface area contributed by atoms with Crippen LogP contribution >= 0.6 is 0 Å². The number of nitrogens with one attached hydrogen (secondary N) is 1. The van der Waals surface area contributed by atoms with Crippen LogP contribution in [0.3, 0.4) is 0 Å². The number of aryl methyl sites for hydroxylation is 1. The minimum absolute atomic E-state index is 0.0870. The molecular formula is C11H23N7. The Labute approximate surface area is 108 Å². The highest BCUT2D eigenvalue weighted by molar-refractivity contribution is 5.02. The molecule has 2 unspecified atom stereocenters. The lowest BCUT2D eigenvalue weighted by Gasteiger charge is -2.39. The van der Waals surface area contributed by atoms with E-state index in [0.717, 1.165) is 31.7 Å². The summed E-state index contributed by atoms with van der Waals surface area (Å²) in [5, 5.41) is 7.87. The van der Waals surface area contributed by atoms with Crippen molar-refractivity contribution in [1.82, 2.24) is 30.2 Å². The maximum atomic E-state index is 5.68. The third-order valence-corrected chi connectivity index (χ3v) is 3.80. The van der Waals surface area contributed by atoms with Gasteiger partial charge in [0.2, 0.25) is 0 Å². The Morgan fingerprint density at radius 2 is 2.22 bits per heavy atom. The van der Waals surface area contributed by atoms with Gasteiger partial charge in [-0.25, -0.2) is 0 Å². The maximum Gasteiger partial charge on any atom is 0.0767 e. The molecule has 18 heavy (non-hydrogen) atoms. The highest BCUT2D eigenvalue weighted by Crippen LogP contribution is 2.20. The predicted molar refractivity (Wildman–Crippen MR) is 69.6 cm³/mol. The summed E-state index contributed by atoms with van der Waals surface area (Å²) in [5.41, 5.74) is 3.91. The van der Waals surface area contributed by atoms with Gasteiger partial charge < -0.3 is 9.80 Å². The van der Waals surface area contributed by atoms with Crippen molar-refractivity contribution in [3.63, 3.8) is 0 Å². The summed E-state index contributed by atoms with van der Waals surface area (Å²) in [6.45, 7) is 3.29. The number of rotatable bonds is 4. The molecule has 0 aliphatic carbocycles. The van der Waals surface area contributed by atoms with Gasteiger partial charge >= 0.3 is 0 Å². The van der Waals surface area contributed by atoms with Gasteiger partial charge in [-0.3, -0.25) is 16.0 Å². The number of hydrogen-bond acceptors (Lipinski definition) is 6. The van der Waals surface area contributed by atoms with E-state index in [9.17, 15) is 0 Å². The fraction of sp³-hybridized carbons (Fsp3) is 0.818. The Kier molecular flexibility index (Phi) is 4.28. The zero-order chi connectivity index (χ0) is 13.1. The van der Waals surface area contributed by atoms with Crippen LogP contribution < -0.4 is 11.3 Å². The van der Waals surface area contributed by atoms with E-state index in [1.54, 1.807) is 10.9 Å². The number of aromatic nitrogens is 3. The summed E-state index contributed by atoms with van der Waals surface area (Å²) in [7, 11) is 6.23. The lowest BCUT2D eigenvalue weighted by Crippen LogP contribution is -2.51. The number of hydrazine groups is 1. The molecule has 1 aliphatic heterocycles. The van der Waals surface area contributed by atoms with Gasteiger partial charge in [-0.15, -0.1) is 5.10 Å². The molecule has 0 radical (unpaired) electrons. The van der Waals surface area contributed by atoms with Gasteiger partial charge in [0, 0.05) is 32.7 Å². The van der Waals surface area contributed by atoms with Crippen molar-refractivity contribution >= 4 is 0 Å². The molecular weight excluding hydrogens is 230 g/mol. The van der Waals surface area contributed by atoms with Crippen LogP contribution in [0.5, 0.6) is 0 Å². The third-order valence-electron chi connectivity index (χ3n) is 3.80. The molecule has 2 heterocycles. The maximum absolute atomic E-state index is 5.68. The second-order valence-corrected chi connectivity index (χ2v) is 5.13. The van der Waals surface area contributed by atoms with E-state index in [0.29, 0.717) is 6.04 Å². The SMILES string of the molecule is CN1CCN(C)C(CC(NN)c2cnnn2C)C1. The first kappa shape index (κ1) is 13.4. The van der Waals surface area contributed by atoms with Crippen molar-refractivity contribution in [2.24, 2.45) is 12.9 Å². The van der Waals surface area contributed by atoms with Gasteiger partial charge in [0.15, 0.2) is 0 Å². The van der Waals surface area contributed by atoms with Gasteiger partial charge in [0.05, 0.1) is 17.9 Å². The molecule has 7 heteroatoms. The van der Waals surface area contributed by atoms with Gasteiger partial charge in [-0.1, -0.05) is 5.21 Å². The molecule has 0 spiro atoms. The third kappa shape index (κ3) is 2.86. The summed E-state index contributed by atoms with van der Waals surface area (Å²) in [6, 6.07) is 0.587. The molecule has 102 valence electrons. The van der Waals surface area contributed by atoms with E-state index in [1.165, 1.54) is 0 Å². The number of hydrogen-bond donors (Lipinski definition) is 2. The van der Waals surface area contributed by atoms with Crippen LogP contribution in [0, 0.1) is 0 Å². The fourth-order valence-corrected chi connectivity index (χ4v) is 2.52. The first-order valence-electron chi connectivity index (χ1n) is 6.31. The van der Waals surface area contributed by atoms with Crippen molar-refractivity contribution in [2.45, 2.75) is 18.5 Å². The molecule has 0 aromatic carbocycles. The summed E-state index contributed by atoms with van der Waals surface area (Å²) in [5.74, 6) is 5.68. The van der Waals surface area contributed by atoms with Crippen molar-refractivity contribution in [3.05, 3.63) is 11.9 Å². The molecule has 2 atom stereocenters. The number of nitrogens with zero attached hydrogens (tertiary/aromatic N) is 5. The second-order valence-electron chi connectivity index (χ2n) is 5.13. The van der Waals surface area contributed by atoms with Crippen LogP contribution in [0.15, 0.2) is 6.20 Å². The Bertz CT molecular complexity index is 377. The standard InChI is InChI=1S/C11H23N7/c1-16-4-5-17(2)9(8-16)6-10(14-12)11-7-13-15-18(11)3/h7,9-10,14H,4-6,8,12H2,1-3H3. The van der Waals surface area contributed by atoms with Crippen LogP contribution in [0.4, 0.5) is 0 Å². The monoisotopic (exact) mass is 253 g/mol. The number of nitrogens with two attached hydrogens (primary N) is 1.